The van der Waals surface area contributed by atoms with Crippen LogP contribution in [-0.2, 0) is 11.3 Å². The van der Waals surface area contributed by atoms with Gasteiger partial charge in [0.1, 0.15) is 17.8 Å². The molecule has 1 saturated carbocycles. The number of anilines is 1. The number of amides is 2. The molecule has 0 N–H and O–H groups in total. The van der Waals surface area contributed by atoms with Crippen LogP contribution in [0.15, 0.2) is 54.9 Å². The van der Waals surface area contributed by atoms with Crippen molar-refractivity contribution < 1.29 is 9.53 Å². The Labute approximate surface area is 187 Å². The van der Waals surface area contributed by atoms with Crippen LogP contribution in [0.4, 0.5) is 10.6 Å². The smallest absolute Gasteiger partial charge is 0.326 e. The van der Waals surface area contributed by atoms with E-state index in [4.69, 9.17) is 9.72 Å². The van der Waals surface area contributed by atoms with Crippen LogP contribution in [0.3, 0.4) is 0 Å². The Kier molecular flexibility index (Phi) is 5.61. The highest BCUT2D eigenvalue weighted by atomic mass is 16.5. The van der Waals surface area contributed by atoms with E-state index in [2.05, 4.69) is 36.2 Å². The minimum Gasteiger partial charge on any atom is -0.373 e. The number of nitrogens with zero attached hydrogens (tertiary/aromatic N) is 6. The third kappa shape index (κ3) is 3.98. The van der Waals surface area contributed by atoms with E-state index in [0.717, 1.165) is 18.5 Å². The Morgan fingerprint density at radius 1 is 1.06 bits per heavy atom. The van der Waals surface area contributed by atoms with Gasteiger partial charge in [-0.2, -0.15) is 0 Å². The molecule has 0 atom stereocenters. The highest BCUT2D eigenvalue weighted by molar-refractivity contribution is 5.93. The molecule has 2 aromatic heterocycles. The van der Waals surface area contributed by atoms with Gasteiger partial charge in [0, 0.05) is 25.2 Å². The first kappa shape index (κ1) is 20.6. The average molecular weight is 433 g/mol. The lowest BCUT2D eigenvalue weighted by molar-refractivity contribution is -0.0459. The fourth-order valence-corrected chi connectivity index (χ4v) is 4.32. The second-order valence-electron chi connectivity index (χ2n) is 8.71. The van der Waals surface area contributed by atoms with Crippen LogP contribution in [0.2, 0.25) is 0 Å². The summed E-state index contributed by atoms with van der Waals surface area (Å²) < 4.78 is 7.99. The predicted octanol–water partition coefficient (Wildman–Crippen LogP) is 3.91. The van der Waals surface area contributed by atoms with E-state index >= 15 is 0 Å². The van der Waals surface area contributed by atoms with Crippen LogP contribution in [0.1, 0.15) is 38.3 Å². The van der Waals surface area contributed by atoms with Crippen molar-refractivity contribution in [1.29, 1.82) is 0 Å². The third-order valence-corrected chi connectivity index (χ3v) is 6.25. The lowest BCUT2D eigenvalue weighted by atomic mass is 9.88. The van der Waals surface area contributed by atoms with Crippen LogP contribution in [-0.4, -0.2) is 55.9 Å². The standard InChI is InChI=1S/C24H28N6O2/c1-17(2)30-16-25-27-23(30)21-9-6-10-22(26-21)29-12-11-28(24(29)31)19-13-20(14-19)32-15-18-7-4-3-5-8-18/h3-10,16-17,19-20H,11-15H2,1-2H3. The largest absolute Gasteiger partial charge is 0.373 e. The zero-order chi connectivity index (χ0) is 22.1. The molecule has 0 bridgehead atoms. The Hall–Kier alpha value is -3.26. The highest BCUT2D eigenvalue weighted by Gasteiger charge is 2.42. The van der Waals surface area contributed by atoms with Crippen LogP contribution < -0.4 is 4.90 Å². The van der Waals surface area contributed by atoms with Gasteiger partial charge < -0.3 is 14.2 Å². The van der Waals surface area contributed by atoms with Crippen molar-refractivity contribution in [3.05, 3.63) is 60.4 Å². The normalized spacial score (nSPS) is 20.8. The van der Waals surface area contributed by atoms with Gasteiger partial charge in [0.05, 0.1) is 12.7 Å². The van der Waals surface area contributed by atoms with Crippen molar-refractivity contribution in [3.63, 3.8) is 0 Å². The molecule has 1 aliphatic carbocycles. The van der Waals surface area contributed by atoms with Gasteiger partial charge in [0.15, 0.2) is 5.82 Å². The van der Waals surface area contributed by atoms with Gasteiger partial charge in [-0.1, -0.05) is 36.4 Å². The number of carbonyl (C=O) groups is 1. The Morgan fingerprint density at radius 3 is 2.66 bits per heavy atom. The fraction of sp³-hybridized carbons (Fsp3) is 0.417. The first-order chi connectivity index (χ1) is 15.6. The predicted molar refractivity (Wildman–Crippen MR) is 121 cm³/mol. The minimum absolute atomic E-state index is 0.0199. The summed E-state index contributed by atoms with van der Waals surface area (Å²) in [4.78, 5) is 21.6. The number of hydrogen-bond donors (Lipinski definition) is 0. The van der Waals surface area contributed by atoms with Gasteiger partial charge in [0.25, 0.3) is 0 Å². The lowest BCUT2D eigenvalue weighted by Crippen LogP contribution is -2.49. The molecule has 8 nitrogen and oxygen atoms in total. The zero-order valence-corrected chi connectivity index (χ0v) is 18.5. The van der Waals surface area contributed by atoms with E-state index in [1.54, 1.807) is 11.2 Å². The van der Waals surface area contributed by atoms with Crippen molar-refractivity contribution in [2.24, 2.45) is 0 Å². The summed E-state index contributed by atoms with van der Waals surface area (Å²) >= 11 is 0. The summed E-state index contributed by atoms with van der Waals surface area (Å²) in [5.41, 5.74) is 1.90. The van der Waals surface area contributed by atoms with Crippen molar-refractivity contribution in [1.82, 2.24) is 24.6 Å². The number of aromatic nitrogens is 4. The van der Waals surface area contributed by atoms with E-state index < -0.39 is 0 Å². The quantitative estimate of drug-likeness (QED) is 0.566. The van der Waals surface area contributed by atoms with Gasteiger partial charge in [-0.05, 0) is 44.4 Å². The van der Waals surface area contributed by atoms with Crippen molar-refractivity contribution in [2.75, 3.05) is 18.0 Å². The van der Waals surface area contributed by atoms with Crippen molar-refractivity contribution in [3.8, 4) is 11.5 Å². The molecule has 1 aliphatic heterocycles. The molecule has 2 amide bonds. The zero-order valence-electron chi connectivity index (χ0n) is 18.5. The number of pyridine rings is 1. The Morgan fingerprint density at radius 2 is 1.88 bits per heavy atom. The summed E-state index contributed by atoms with van der Waals surface area (Å²) in [5, 5.41) is 8.26. The van der Waals surface area contributed by atoms with Crippen LogP contribution in [0.5, 0.6) is 0 Å². The number of rotatable bonds is 7. The molecule has 3 aromatic rings. The number of ether oxygens (including phenoxy) is 1. The summed E-state index contributed by atoms with van der Waals surface area (Å²) in [7, 11) is 0. The average Bonchev–Trinajstić information content (AvgIpc) is 3.41. The van der Waals surface area contributed by atoms with Crippen LogP contribution in [0.25, 0.3) is 11.5 Å². The molecule has 0 radical (unpaired) electrons. The molecular formula is C24H28N6O2. The number of benzene rings is 1. The molecule has 8 heteroatoms. The molecule has 5 rings (SSSR count). The molecule has 2 fully saturated rings. The first-order valence-electron chi connectivity index (χ1n) is 11.2. The van der Waals surface area contributed by atoms with Gasteiger partial charge in [-0.3, -0.25) is 4.90 Å². The second-order valence-corrected chi connectivity index (χ2v) is 8.71. The van der Waals surface area contributed by atoms with Gasteiger partial charge in [-0.25, -0.2) is 9.78 Å². The third-order valence-electron chi connectivity index (χ3n) is 6.25. The molecule has 0 unspecified atom stereocenters. The van der Waals surface area contributed by atoms with E-state index in [0.29, 0.717) is 31.3 Å². The lowest BCUT2D eigenvalue weighted by Gasteiger charge is -2.40. The summed E-state index contributed by atoms with van der Waals surface area (Å²) in [5.74, 6) is 1.37. The van der Waals surface area contributed by atoms with Gasteiger partial charge in [0.2, 0.25) is 0 Å². The molecule has 2 aliphatic rings. The van der Waals surface area contributed by atoms with Gasteiger partial charge in [-0.15, -0.1) is 10.2 Å². The van der Waals surface area contributed by atoms with Crippen LogP contribution in [0, 0.1) is 0 Å². The van der Waals surface area contributed by atoms with E-state index in [-0.39, 0.29) is 24.2 Å². The SMILES string of the molecule is CC(C)n1cnnc1-c1cccc(N2CCN(C3CC(OCc4ccccc4)C3)C2=O)n1. The molecule has 0 spiro atoms. The van der Waals surface area contributed by atoms with Crippen molar-refractivity contribution in [2.45, 2.75) is 51.5 Å². The second kappa shape index (κ2) is 8.70. The molecular weight excluding hydrogens is 404 g/mol. The first-order valence-corrected chi connectivity index (χ1v) is 11.2. The Bertz CT molecular complexity index is 1080. The summed E-state index contributed by atoms with van der Waals surface area (Å²) in [6, 6.07) is 16.4. The molecule has 1 saturated heterocycles. The summed E-state index contributed by atoms with van der Waals surface area (Å²) in [6.45, 7) is 6.12. The van der Waals surface area contributed by atoms with Crippen molar-refractivity contribution >= 4 is 11.8 Å². The van der Waals surface area contributed by atoms with Gasteiger partial charge >= 0.3 is 6.03 Å². The maximum Gasteiger partial charge on any atom is 0.326 e. The fourth-order valence-electron chi connectivity index (χ4n) is 4.32. The van der Waals surface area contributed by atoms with Crippen LogP contribution >= 0.6 is 0 Å². The highest BCUT2D eigenvalue weighted by Crippen LogP contribution is 2.33. The molecule has 3 heterocycles. The molecule has 166 valence electrons. The molecule has 32 heavy (non-hydrogen) atoms. The minimum atomic E-state index is 0.0199. The maximum absolute atomic E-state index is 13.1. The van der Waals surface area contributed by atoms with E-state index in [1.807, 2.05) is 45.9 Å². The Balaban J connectivity index is 1.21. The maximum atomic E-state index is 13.1. The number of hydrogen-bond acceptors (Lipinski definition) is 5. The summed E-state index contributed by atoms with van der Waals surface area (Å²) in [6.07, 6.45) is 3.70. The number of carbonyl (C=O) groups excluding carboxylic acids is 1. The molecule has 1 aromatic carbocycles. The topological polar surface area (TPSA) is 76.4 Å². The van der Waals surface area contributed by atoms with E-state index in [1.165, 1.54) is 5.56 Å². The number of urea groups is 1. The van der Waals surface area contributed by atoms with E-state index in [9.17, 15) is 4.79 Å². The monoisotopic (exact) mass is 432 g/mol.